The van der Waals surface area contributed by atoms with E-state index < -0.39 is 0 Å². The summed E-state index contributed by atoms with van der Waals surface area (Å²) in [6, 6.07) is 8.17. The summed E-state index contributed by atoms with van der Waals surface area (Å²) in [5, 5.41) is 9.47. The van der Waals surface area contributed by atoms with Crippen LogP contribution < -0.4 is 4.74 Å². The molecule has 0 aliphatic heterocycles. The first kappa shape index (κ1) is 16.0. The van der Waals surface area contributed by atoms with Gasteiger partial charge in [0.1, 0.15) is 5.75 Å². The van der Waals surface area contributed by atoms with E-state index in [1.165, 1.54) is 37.7 Å². The van der Waals surface area contributed by atoms with Gasteiger partial charge < -0.3 is 9.84 Å². The summed E-state index contributed by atoms with van der Waals surface area (Å²) in [7, 11) is 1.68. The van der Waals surface area contributed by atoms with Crippen LogP contribution in [0.25, 0.3) is 0 Å². The zero-order valence-electron chi connectivity index (χ0n) is 12.4. The summed E-state index contributed by atoms with van der Waals surface area (Å²) in [6.07, 6.45) is 8.59. The molecule has 0 radical (unpaired) electrons. The highest BCUT2D eigenvalue weighted by Crippen LogP contribution is 2.18. The summed E-state index contributed by atoms with van der Waals surface area (Å²) in [6.45, 7) is 2.53. The molecule has 0 fully saturated rings. The second-order valence-electron chi connectivity index (χ2n) is 5.30. The number of aliphatic hydroxyl groups is 1. The molecule has 1 rings (SSSR count). The van der Waals surface area contributed by atoms with Gasteiger partial charge in [-0.15, -0.1) is 0 Å². The van der Waals surface area contributed by atoms with Crippen LogP contribution in [0, 0.1) is 5.92 Å². The average molecular weight is 264 g/mol. The summed E-state index contributed by atoms with van der Waals surface area (Å²) in [5.74, 6) is 1.29. The van der Waals surface area contributed by atoms with Gasteiger partial charge in [-0.3, -0.25) is 0 Å². The Hall–Kier alpha value is -1.02. The summed E-state index contributed by atoms with van der Waals surface area (Å²) in [4.78, 5) is 0. The molecule has 1 N–H and O–H groups in total. The fraction of sp³-hybridized carbons (Fsp3) is 0.647. The second kappa shape index (κ2) is 9.85. The quantitative estimate of drug-likeness (QED) is 0.642. The van der Waals surface area contributed by atoms with Crippen LogP contribution in [-0.4, -0.2) is 18.8 Å². The lowest BCUT2D eigenvalue weighted by molar-refractivity contribution is 0.214. The van der Waals surface area contributed by atoms with Crippen LogP contribution in [0.2, 0.25) is 0 Å². The summed E-state index contributed by atoms with van der Waals surface area (Å²) < 4.78 is 5.15. The Labute approximate surface area is 117 Å². The van der Waals surface area contributed by atoms with Crippen LogP contribution in [0.15, 0.2) is 24.3 Å². The van der Waals surface area contributed by atoms with Gasteiger partial charge in [-0.1, -0.05) is 51.2 Å². The molecule has 1 aromatic rings. The zero-order chi connectivity index (χ0) is 13.9. The molecule has 0 bridgehead atoms. The van der Waals surface area contributed by atoms with Crippen LogP contribution in [0.5, 0.6) is 5.75 Å². The number of ether oxygens (including phenoxy) is 1. The van der Waals surface area contributed by atoms with Crippen LogP contribution in [-0.2, 0) is 6.42 Å². The molecule has 2 nitrogen and oxygen atoms in total. The Morgan fingerprint density at radius 3 is 2.32 bits per heavy atom. The standard InChI is InChI=1S/C17H28O2/c1-3-4-5-6-7-8-16(14-18)13-15-9-11-17(19-2)12-10-15/h9-12,16,18H,3-8,13-14H2,1-2H3. The molecule has 0 saturated carbocycles. The van der Waals surface area contributed by atoms with E-state index in [0.29, 0.717) is 12.5 Å². The van der Waals surface area contributed by atoms with Gasteiger partial charge >= 0.3 is 0 Å². The first-order valence-electron chi connectivity index (χ1n) is 7.54. The molecule has 19 heavy (non-hydrogen) atoms. The molecule has 1 unspecified atom stereocenters. The van der Waals surface area contributed by atoms with Gasteiger partial charge in [0.05, 0.1) is 7.11 Å². The minimum Gasteiger partial charge on any atom is -0.497 e. The smallest absolute Gasteiger partial charge is 0.118 e. The number of hydrogen-bond donors (Lipinski definition) is 1. The van der Waals surface area contributed by atoms with Crippen molar-refractivity contribution < 1.29 is 9.84 Å². The van der Waals surface area contributed by atoms with E-state index in [2.05, 4.69) is 19.1 Å². The minimum absolute atomic E-state index is 0.291. The maximum atomic E-state index is 9.47. The lowest BCUT2D eigenvalue weighted by Crippen LogP contribution is -2.09. The highest BCUT2D eigenvalue weighted by atomic mass is 16.5. The van der Waals surface area contributed by atoms with Gasteiger partial charge in [0, 0.05) is 6.61 Å². The summed E-state index contributed by atoms with van der Waals surface area (Å²) in [5.41, 5.74) is 1.29. The minimum atomic E-state index is 0.291. The molecule has 2 heteroatoms. The van der Waals surface area contributed by atoms with Gasteiger partial charge in [-0.25, -0.2) is 0 Å². The molecule has 108 valence electrons. The number of hydrogen-bond acceptors (Lipinski definition) is 2. The molecule has 0 saturated heterocycles. The first-order valence-corrected chi connectivity index (χ1v) is 7.54. The van der Waals surface area contributed by atoms with E-state index in [-0.39, 0.29) is 0 Å². The van der Waals surface area contributed by atoms with Crippen LogP contribution in [0.1, 0.15) is 51.0 Å². The van der Waals surface area contributed by atoms with Crippen LogP contribution in [0.4, 0.5) is 0 Å². The maximum Gasteiger partial charge on any atom is 0.118 e. The van der Waals surface area contributed by atoms with E-state index in [1.807, 2.05) is 12.1 Å². The predicted molar refractivity (Wildman–Crippen MR) is 80.6 cm³/mol. The average Bonchev–Trinajstić information content (AvgIpc) is 2.46. The van der Waals surface area contributed by atoms with Gasteiger partial charge in [-0.05, 0) is 36.5 Å². The second-order valence-corrected chi connectivity index (χ2v) is 5.30. The third-order valence-corrected chi connectivity index (χ3v) is 3.66. The number of aliphatic hydroxyl groups excluding tert-OH is 1. The van der Waals surface area contributed by atoms with Crippen molar-refractivity contribution in [3.8, 4) is 5.75 Å². The van der Waals surface area contributed by atoms with Crippen molar-refractivity contribution in [3.05, 3.63) is 29.8 Å². The molecule has 0 spiro atoms. The molecule has 0 amide bonds. The van der Waals surface area contributed by atoms with Crippen molar-refractivity contribution >= 4 is 0 Å². The Kier molecular flexibility index (Phi) is 8.31. The van der Waals surface area contributed by atoms with Crippen molar-refractivity contribution in [1.29, 1.82) is 0 Å². The number of benzene rings is 1. The Balaban J connectivity index is 2.30. The highest BCUT2D eigenvalue weighted by Gasteiger charge is 2.08. The number of rotatable bonds is 10. The first-order chi connectivity index (χ1) is 9.30. The van der Waals surface area contributed by atoms with Crippen molar-refractivity contribution in [1.82, 2.24) is 0 Å². The molecule has 0 aromatic heterocycles. The predicted octanol–water partition coefficient (Wildman–Crippen LogP) is 4.21. The van der Waals surface area contributed by atoms with E-state index in [1.54, 1.807) is 7.11 Å². The molecular weight excluding hydrogens is 236 g/mol. The van der Waals surface area contributed by atoms with Crippen molar-refractivity contribution in [2.75, 3.05) is 13.7 Å². The molecule has 1 atom stereocenters. The van der Waals surface area contributed by atoms with E-state index in [0.717, 1.165) is 18.6 Å². The molecular formula is C17H28O2. The summed E-state index contributed by atoms with van der Waals surface area (Å²) >= 11 is 0. The van der Waals surface area contributed by atoms with Gasteiger partial charge in [0.15, 0.2) is 0 Å². The molecule has 0 aliphatic rings. The highest BCUT2D eigenvalue weighted by molar-refractivity contribution is 5.27. The zero-order valence-corrected chi connectivity index (χ0v) is 12.4. The normalized spacial score (nSPS) is 12.4. The lowest BCUT2D eigenvalue weighted by Gasteiger charge is -2.14. The van der Waals surface area contributed by atoms with Gasteiger partial charge in [0.25, 0.3) is 0 Å². The SMILES string of the molecule is CCCCCCCC(CO)Cc1ccc(OC)cc1. The lowest BCUT2D eigenvalue weighted by atomic mass is 9.94. The van der Waals surface area contributed by atoms with Gasteiger partial charge in [0.2, 0.25) is 0 Å². The Bertz CT molecular complexity index is 319. The molecule has 0 heterocycles. The number of methoxy groups -OCH3 is 1. The third-order valence-electron chi connectivity index (χ3n) is 3.66. The van der Waals surface area contributed by atoms with Crippen LogP contribution >= 0.6 is 0 Å². The monoisotopic (exact) mass is 264 g/mol. The van der Waals surface area contributed by atoms with Crippen molar-refractivity contribution in [2.45, 2.75) is 51.9 Å². The topological polar surface area (TPSA) is 29.5 Å². The van der Waals surface area contributed by atoms with Crippen molar-refractivity contribution in [3.63, 3.8) is 0 Å². The fourth-order valence-corrected chi connectivity index (χ4v) is 2.39. The van der Waals surface area contributed by atoms with E-state index in [4.69, 9.17) is 4.74 Å². The maximum absolute atomic E-state index is 9.47. The third kappa shape index (κ3) is 6.63. The van der Waals surface area contributed by atoms with Gasteiger partial charge in [-0.2, -0.15) is 0 Å². The van der Waals surface area contributed by atoms with Crippen molar-refractivity contribution in [2.24, 2.45) is 5.92 Å². The number of unbranched alkanes of at least 4 members (excludes halogenated alkanes) is 4. The molecule has 1 aromatic carbocycles. The Morgan fingerprint density at radius 1 is 1.05 bits per heavy atom. The fourth-order valence-electron chi connectivity index (χ4n) is 2.39. The van der Waals surface area contributed by atoms with Crippen LogP contribution in [0.3, 0.4) is 0 Å². The van der Waals surface area contributed by atoms with E-state index in [9.17, 15) is 5.11 Å². The molecule has 0 aliphatic carbocycles. The largest absolute Gasteiger partial charge is 0.497 e. The van der Waals surface area contributed by atoms with E-state index >= 15 is 0 Å². The Morgan fingerprint density at radius 2 is 1.74 bits per heavy atom.